The minimum absolute atomic E-state index is 0.306. The van der Waals surface area contributed by atoms with E-state index in [1.165, 1.54) is 6.20 Å². The molecule has 0 spiro atoms. The number of amides is 1. The molecule has 0 bridgehead atoms. The van der Waals surface area contributed by atoms with Crippen molar-refractivity contribution >= 4 is 17.7 Å². The fourth-order valence-electron chi connectivity index (χ4n) is 0.709. The molecule has 4 nitrogen and oxygen atoms in total. The highest BCUT2D eigenvalue weighted by Gasteiger charge is 1.99. The summed E-state index contributed by atoms with van der Waals surface area (Å²) < 4.78 is 4.57. The average molecular weight is 187 g/mol. The van der Waals surface area contributed by atoms with E-state index >= 15 is 0 Å². The summed E-state index contributed by atoms with van der Waals surface area (Å²) in [4.78, 5) is 14.1. The smallest absolute Gasteiger partial charge is 0.409 e. The lowest BCUT2D eigenvalue weighted by atomic mass is 10.3. The van der Waals surface area contributed by atoms with Gasteiger partial charge in [-0.25, -0.2) is 4.79 Å². The molecule has 1 aromatic heterocycles. The van der Waals surface area contributed by atoms with Crippen molar-refractivity contribution in [1.82, 2.24) is 4.98 Å². The molecule has 2 N–H and O–H groups in total. The molecule has 0 aromatic carbocycles. The van der Waals surface area contributed by atoms with E-state index < -0.39 is 6.09 Å². The molecule has 0 radical (unpaired) electrons. The lowest BCUT2D eigenvalue weighted by molar-refractivity contribution is 0.210. The molecule has 0 fully saturated rings. The second-order valence-corrected chi connectivity index (χ2v) is 2.35. The molecule has 1 heterocycles. The van der Waals surface area contributed by atoms with E-state index in [9.17, 15) is 4.79 Å². The number of hydrogen-bond acceptors (Lipinski definition) is 3. The van der Waals surface area contributed by atoms with Gasteiger partial charge in [0.05, 0.1) is 6.20 Å². The van der Waals surface area contributed by atoms with Crippen LogP contribution in [0.15, 0.2) is 18.5 Å². The Morgan fingerprint density at radius 2 is 2.42 bits per heavy atom. The number of primary amides is 1. The second kappa shape index (κ2) is 3.92. The quantitative estimate of drug-likeness (QED) is 0.708. The average Bonchev–Trinajstić information content (AvgIpc) is 2.03. The van der Waals surface area contributed by atoms with Gasteiger partial charge in [-0.3, -0.25) is 4.98 Å². The maximum atomic E-state index is 10.3. The van der Waals surface area contributed by atoms with Crippen LogP contribution in [0.3, 0.4) is 0 Å². The first-order valence-electron chi connectivity index (χ1n) is 3.19. The lowest BCUT2D eigenvalue weighted by Crippen LogP contribution is -2.16. The molecular weight excluding hydrogens is 180 g/mol. The number of nitrogens with zero attached hydrogens (tertiary/aromatic N) is 1. The topological polar surface area (TPSA) is 65.2 Å². The third kappa shape index (κ3) is 2.39. The van der Waals surface area contributed by atoms with Gasteiger partial charge in [0.15, 0.2) is 5.75 Å². The second-order valence-electron chi connectivity index (χ2n) is 2.08. The monoisotopic (exact) mass is 186 g/mol. The molecule has 0 unspecified atom stereocenters. The number of ether oxygens (including phenoxy) is 1. The van der Waals surface area contributed by atoms with E-state index in [4.69, 9.17) is 17.3 Å². The number of pyridine rings is 1. The van der Waals surface area contributed by atoms with Gasteiger partial charge in [-0.1, -0.05) is 0 Å². The van der Waals surface area contributed by atoms with Gasteiger partial charge in [0.1, 0.15) is 0 Å². The summed E-state index contributed by atoms with van der Waals surface area (Å²) in [6.45, 7) is 0. The normalized spacial score (nSPS) is 9.42. The van der Waals surface area contributed by atoms with Crippen molar-refractivity contribution in [1.29, 1.82) is 0 Å². The number of halogens is 1. The summed E-state index contributed by atoms with van der Waals surface area (Å²) in [7, 11) is 0. The first-order valence-corrected chi connectivity index (χ1v) is 3.73. The number of carbonyl (C=O) groups is 1. The summed E-state index contributed by atoms with van der Waals surface area (Å²) in [5.74, 6) is 0.629. The van der Waals surface area contributed by atoms with E-state index in [-0.39, 0.29) is 0 Å². The zero-order valence-electron chi connectivity index (χ0n) is 6.16. The van der Waals surface area contributed by atoms with Gasteiger partial charge >= 0.3 is 6.09 Å². The number of alkyl halides is 1. The molecule has 1 amide bonds. The maximum Gasteiger partial charge on any atom is 0.410 e. The molecule has 1 aromatic rings. The van der Waals surface area contributed by atoms with Crippen molar-refractivity contribution in [2.24, 2.45) is 5.73 Å². The van der Waals surface area contributed by atoms with Crippen LogP contribution in [0.4, 0.5) is 4.79 Å². The van der Waals surface area contributed by atoms with Crippen LogP contribution in [0.2, 0.25) is 0 Å². The number of rotatable bonds is 2. The Bertz CT molecular complexity index is 290. The Morgan fingerprint density at radius 3 is 3.00 bits per heavy atom. The zero-order valence-corrected chi connectivity index (χ0v) is 6.91. The summed E-state index contributed by atoms with van der Waals surface area (Å²) >= 11 is 5.52. The summed E-state index contributed by atoms with van der Waals surface area (Å²) in [5, 5.41) is 0. The van der Waals surface area contributed by atoms with Crippen molar-refractivity contribution in [3.05, 3.63) is 24.0 Å². The Morgan fingerprint density at radius 1 is 1.67 bits per heavy atom. The highest BCUT2D eigenvalue weighted by molar-refractivity contribution is 6.17. The molecule has 0 saturated carbocycles. The highest BCUT2D eigenvalue weighted by Crippen LogP contribution is 2.12. The number of hydrogen-bond donors (Lipinski definition) is 1. The fourth-order valence-corrected chi connectivity index (χ4v) is 0.855. The van der Waals surface area contributed by atoms with Crippen LogP contribution in [0.5, 0.6) is 5.75 Å². The molecule has 0 aliphatic heterocycles. The first-order chi connectivity index (χ1) is 5.72. The minimum Gasteiger partial charge on any atom is -0.409 e. The molecule has 0 aliphatic rings. The van der Waals surface area contributed by atoms with Crippen molar-refractivity contribution in [3.8, 4) is 5.75 Å². The van der Waals surface area contributed by atoms with Gasteiger partial charge in [-0.05, 0) is 11.6 Å². The van der Waals surface area contributed by atoms with Gasteiger partial charge < -0.3 is 10.5 Å². The summed E-state index contributed by atoms with van der Waals surface area (Å²) in [6.07, 6.45) is 2.12. The Balaban J connectivity index is 2.79. The van der Waals surface area contributed by atoms with Crippen molar-refractivity contribution in [2.75, 3.05) is 0 Å². The number of nitrogens with two attached hydrogens (primary N) is 1. The fraction of sp³-hybridized carbons (Fsp3) is 0.143. The predicted octanol–water partition coefficient (Wildman–Crippen LogP) is 1.28. The summed E-state index contributed by atoms with van der Waals surface area (Å²) in [5.41, 5.74) is 5.57. The predicted molar refractivity (Wildman–Crippen MR) is 44.0 cm³/mol. The number of aromatic nitrogens is 1. The van der Waals surface area contributed by atoms with Crippen molar-refractivity contribution in [2.45, 2.75) is 5.88 Å². The highest BCUT2D eigenvalue weighted by atomic mass is 35.5. The van der Waals surface area contributed by atoms with Crippen LogP contribution in [-0.2, 0) is 5.88 Å². The minimum atomic E-state index is -0.858. The molecule has 5 heteroatoms. The maximum absolute atomic E-state index is 10.3. The van der Waals surface area contributed by atoms with E-state index in [1.807, 2.05) is 0 Å². The van der Waals surface area contributed by atoms with Crippen LogP contribution in [0.1, 0.15) is 5.56 Å². The Kier molecular flexibility index (Phi) is 2.88. The lowest BCUT2D eigenvalue weighted by Gasteiger charge is -2.00. The molecular formula is C7H7ClN2O2. The molecule has 0 atom stereocenters. The van der Waals surface area contributed by atoms with Crippen LogP contribution < -0.4 is 10.5 Å². The SMILES string of the molecule is NC(=O)Oc1cncc(CCl)c1. The Labute approximate surface area is 74.3 Å². The third-order valence-electron chi connectivity index (χ3n) is 1.14. The van der Waals surface area contributed by atoms with Crippen molar-refractivity contribution in [3.63, 3.8) is 0 Å². The van der Waals surface area contributed by atoms with Gasteiger partial charge in [0, 0.05) is 12.1 Å². The Hall–Kier alpha value is -1.29. The van der Waals surface area contributed by atoms with Crippen LogP contribution in [-0.4, -0.2) is 11.1 Å². The third-order valence-corrected chi connectivity index (χ3v) is 1.45. The van der Waals surface area contributed by atoms with Gasteiger partial charge in [0.25, 0.3) is 0 Å². The van der Waals surface area contributed by atoms with Gasteiger partial charge in [-0.15, -0.1) is 11.6 Å². The molecule has 0 aliphatic carbocycles. The van der Waals surface area contributed by atoms with E-state index in [0.29, 0.717) is 11.6 Å². The van der Waals surface area contributed by atoms with Gasteiger partial charge in [0.2, 0.25) is 0 Å². The van der Waals surface area contributed by atoms with E-state index in [0.717, 1.165) is 5.56 Å². The molecule has 1 rings (SSSR count). The van der Waals surface area contributed by atoms with Crippen LogP contribution in [0.25, 0.3) is 0 Å². The van der Waals surface area contributed by atoms with E-state index in [1.54, 1.807) is 12.3 Å². The van der Waals surface area contributed by atoms with Crippen LogP contribution >= 0.6 is 11.6 Å². The standard InChI is InChI=1S/C7H7ClN2O2/c8-2-5-1-6(4-10-3-5)12-7(9)11/h1,3-4H,2H2,(H2,9,11). The first kappa shape index (κ1) is 8.80. The van der Waals surface area contributed by atoms with Gasteiger partial charge in [-0.2, -0.15) is 0 Å². The number of carbonyl (C=O) groups excluding carboxylic acids is 1. The molecule has 12 heavy (non-hydrogen) atoms. The van der Waals surface area contributed by atoms with E-state index in [2.05, 4.69) is 9.72 Å². The van der Waals surface area contributed by atoms with Crippen LogP contribution in [0, 0.1) is 0 Å². The zero-order chi connectivity index (χ0) is 8.97. The molecule has 64 valence electrons. The molecule has 0 saturated heterocycles. The summed E-state index contributed by atoms with van der Waals surface area (Å²) in [6, 6.07) is 1.60. The van der Waals surface area contributed by atoms with Crippen molar-refractivity contribution < 1.29 is 9.53 Å². The largest absolute Gasteiger partial charge is 0.410 e.